The molecule has 1 aliphatic rings. The Kier molecular flexibility index (Phi) is 3.00. The van der Waals surface area contributed by atoms with Crippen LogP contribution in [0.1, 0.15) is 17.9 Å². The van der Waals surface area contributed by atoms with Crippen molar-refractivity contribution in [3.05, 3.63) is 29.7 Å². The maximum Gasteiger partial charge on any atom is 0.436 e. The normalized spacial score (nSPS) is 17.9. The zero-order valence-electron chi connectivity index (χ0n) is 8.50. The summed E-state index contributed by atoms with van der Waals surface area (Å²) in [5.41, 5.74) is -0.963. The predicted molar refractivity (Wildman–Crippen MR) is 50.5 cm³/mol. The highest BCUT2D eigenvalue weighted by Gasteiger charge is 2.35. The van der Waals surface area contributed by atoms with Gasteiger partial charge in [-0.05, 0) is 6.42 Å². The van der Waals surface area contributed by atoms with Gasteiger partial charge >= 0.3 is 6.18 Å². The molecule has 0 N–H and O–H groups in total. The van der Waals surface area contributed by atoms with Gasteiger partial charge in [0.2, 0.25) is 0 Å². The van der Waals surface area contributed by atoms with Crippen molar-refractivity contribution in [1.29, 1.82) is 0 Å². The van der Waals surface area contributed by atoms with Gasteiger partial charge in [0.15, 0.2) is 11.5 Å². The predicted octanol–water partition coefficient (Wildman–Crippen LogP) is 2.46. The van der Waals surface area contributed by atoms with E-state index in [9.17, 15) is 13.2 Å². The average Bonchev–Trinajstić information content (AvgIpc) is 2.67. The minimum atomic E-state index is -4.43. The Labute approximate surface area is 90.5 Å². The lowest BCUT2D eigenvalue weighted by Crippen LogP contribution is -2.26. The van der Waals surface area contributed by atoms with E-state index in [0.29, 0.717) is 6.54 Å². The molecule has 16 heavy (non-hydrogen) atoms. The Bertz CT molecular complexity index is 384. The van der Waals surface area contributed by atoms with Gasteiger partial charge in [-0.3, -0.25) is 4.90 Å². The second-order valence-electron chi connectivity index (χ2n) is 3.67. The monoisotopic (exact) mass is 232 g/mol. The molecule has 1 aliphatic heterocycles. The van der Waals surface area contributed by atoms with Gasteiger partial charge in [-0.2, -0.15) is 13.2 Å². The third-order valence-electron chi connectivity index (χ3n) is 2.37. The maximum absolute atomic E-state index is 12.2. The zero-order valence-corrected chi connectivity index (χ0v) is 8.50. The van der Waals surface area contributed by atoms with E-state index in [4.69, 9.17) is 0 Å². The standard InChI is InChI=1S/C10H11F3N2O/c11-10(12,13)9-6-8(16-14-9)7-15-4-2-1-3-5-15/h1-2,6H,3-5,7H2. The fourth-order valence-corrected chi connectivity index (χ4v) is 1.57. The molecule has 0 bridgehead atoms. The minimum Gasteiger partial charge on any atom is -0.359 e. The highest BCUT2D eigenvalue weighted by molar-refractivity contribution is 5.09. The van der Waals surface area contributed by atoms with Crippen LogP contribution in [0, 0.1) is 0 Å². The van der Waals surface area contributed by atoms with Gasteiger partial charge in [-0.15, -0.1) is 0 Å². The molecule has 2 heterocycles. The van der Waals surface area contributed by atoms with Crippen LogP contribution in [-0.2, 0) is 12.7 Å². The zero-order chi connectivity index (χ0) is 11.6. The van der Waals surface area contributed by atoms with Crippen molar-refractivity contribution in [2.75, 3.05) is 13.1 Å². The molecule has 88 valence electrons. The number of hydrogen-bond donors (Lipinski definition) is 0. The lowest BCUT2D eigenvalue weighted by molar-refractivity contribution is -0.142. The van der Waals surface area contributed by atoms with Crippen molar-refractivity contribution in [1.82, 2.24) is 10.1 Å². The smallest absolute Gasteiger partial charge is 0.359 e. The summed E-state index contributed by atoms with van der Waals surface area (Å²) in [5, 5.41) is 3.01. The van der Waals surface area contributed by atoms with Gasteiger partial charge < -0.3 is 4.52 Å². The van der Waals surface area contributed by atoms with E-state index in [1.54, 1.807) is 0 Å². The molecule has 1 aromatic rings. The molecule has 0 saturated heterocycles. The molecule has 0 fully saturated rings. The molecule has 0 aromatic carbocycles. The molecule has 6 heteroatoms. The molecule has 0 radical (unpaired) electrons. The Hall–Kier alpha value is -1.30. The largest absolute Gasteiger partial charge is 0.436 e. The summed E-state index contributed by atoms with van der Waals surface area (Å²) in [5.74, 6) is 0.252. The minimum absolute atomic E-state index is 0.252. The molecule has 0 unspecified atom stereocenters. The van der Waals surface area contributed by atoms with Gasteiger partial charge in [0.25, 0.3) is 0 Å². The lowest BCUT2D eigenvalue weighted by Gasteiger charge is -2.20. The summed E-state index contributed by atoms with van der Waals surface area (Å²) in [7, 11) is 0. The molecule has 0 spiro atoms. The first-order valence-electron chi connectivity index (χ1n) is 4.96. The molecule has 0 saturated carbocycles. The van der Waals surface area contributed by atoms with E-state index in [-0.39, 0.29) is 5.76 Å². The Balaban J connectivity index is 2.00. The first kappa shape index (κ1) is 11.2. The number of aromatic nitrogens is 1. The second-order valence-corrected chi connectivity index (χ2v) is 3.67. The molecule has 0 aliphatic carbocycles. The fraction of sp³-hybridized carbons (Fsp3) is 0.500. The third-order valence-corrected chi connectivity index (χ3v) is 2.37. The SMILES string of the molecule is FC(F)(F)c1cc(CN2CC=CCC2)on1. The van der Waals surface area contributed by atoms with E-state index in [1.165, 1.54) is 0 Å². The quantitative estimate of drug-likeness (QED) is 0.733. The number of halogens is 3. The van der Waals surface area contributed by atoms with Gasteiger partial charge in [0, 0.05) is 19.2 Å². The van der Waals surface area contributed by atoms with Crippen LogP contribution >= 0.6 is 0 Å². The first-order valence-corrected chi connectivity index (χ1v) is 4.96. The average molecular weight is 232 g/mol. The van der Waals surface area contributed by atoms with Crippen molar-refractivity contribution in [2.45, 2.75) is 19.1 Å². The van der Waals surface area contributed by atoms with Crippen molar-refractivity contribution in [2.24, 2.45) is 0 Å². The van der Waals surface area contributed by atoms with Crippen molar-refractivity contribution < 1.29 is 17.7 Å². The Morgan fingerprint density at radius 3 is 2.75 bits per heavy atom. The van der Waals surface area contributed by atoms with Crippen LogP contribution in [0.15, 0.2) is 22.7 Å². The molecule has 1 aromatic heterocycles. The van der Waals surface area contributed by atoms with Gasteiger partial charge in [-0.1, -0.05) is 17.3 Å². The van der Waals surface area contributed by atoms with E-state index >= 15 is 0 Å². The van der Waals surface area contributed by atoms with E-state index in [0.717, 1.165) is 25.6 Å². The third kappa shape index (κ3) is 2.63. The Morgan fingerprint density at radius 2 is 2.19 bits per heavy atom. The highest BCUT2D eigenvalue weighted by atomic mass is 19.4. The number of nitrogens with zero attached hydrogens (tertiary/aromatic N) is 2. The van der Waals surface area contributed by atoms with Crippen LogP contribution in [0.5, 0.6) is 0 Å². The summed E-state index contributed by atoms with van der Waals surface area (Å²) < 4.78 is 41.4. The van der Waals surface area contributed by atoms with Crippen molar-refractivity contribution >= 4 is 0 Å². The van der Waals surface area contributed by atoms with Crippen LogP contribution < -0.4 is 0 Å². The summed E-state index contributed by atoms with van der Waals surface area (Å²) in [4.78, 5) is 2.00. The number of hydrogen-bond acceptors (Lipinski definition) is 3. The summed E-state index contributed by atoms with van der Waals surface area (Å²) in [6.07, 6.45) is 0.534. The van der Waals surface area contributed by atoms with Crippen LogP contribution in [0.25, 0.3) is 0 Å². The van der Waals surface area contributed by atoms with Gasteiger partial charge in [0.1, 0.15) is 0 Å². The van der Waals surface area contributed by atoms with Gasteiger partial charge in [-0.25, -0.2) is 0 Å². The van der Waals surface area contributed by atoms with E-state index < -0.39 is 11.9 Å². The fourth-order valence-electron chi connectivity index (χ4n) is 1.57. The molecule has 3 nitrogen and oxygen atoms in total. The molecule has 0 atom stereocenters. The van der Waals surface area contributed by atoms with Crippen LogP contribution in [0.2, 0.25) is 0 Å². The molecule has 0 amide bonds. The lowest BCUT2D eigenvalue weighted by atomic mass is 10.2. The van der Waals surface area contributed by atoms with Crippen molar-refractivity contribution in [3.63, 3.8) is 0 Å². The molecular weight excluding hydrogens is 221 g/mol. The van der Waals surface area contributed by atoms with E-state index in [1.807, 2.05) is 11.0 Å². The topological polar surface area (TPSA) is 29.3 Å². The van der Waals surface area contributed by atoms with Crippen LogP contribution in [0.3, 0.4) is 0 Å². The summed E-state index contributed by atoms with van der Waals surface area (Å²) in [6, 6.07) is 0.957. The second kappa shape index (κ2) is 4.29. The van der Waals surface area contributed by atoms with Gasteiger partial charge in [0.05, 0.1) is 6.54 Å². The highest BCUT2D eigenvalue weighted by Crippen LogP contribution is 2.28. The number of rotatable bonds is 2. The Morgan fingerprint density at radius 1 is 1.38 bits per heavy atom. The van der Waals surface area contributed by atoms with Crippen LogP contribution in [0.4, 0.5) is 13.2 Å². The van der Waals surface area contributed by atoms with Crippen molar-refractivity contribution in [3.8, 4) is 0 Å². The van der Waals surface area contributed by atoms with E-state index in [2.05, 4.69) is 15.8 Å². The number of alkyl halides is 3. The summed E-state index contributed by atoms with van der Waals surface area (Å²) in [6.45, 7) is 1.94. The summed E-state index contributed by atoms with van der Waals surface area (Å²) >= 11 is 0. The van der Waals surface area contributed by atoms with Crippen LogP contribution in [-0.4, -0.2) is 23.1 Å². The molecular formula is C10H11F3N2O. The maximum atomic E-state index is 12.2. The molecule has 2 rings (SSSR count). The first-order chi connectivity index (χ1) is 7.55.